The van der Waals surface area contributed by atoms with Crippen LogP contribution in [0, 0.1) is 0 Å². The van der Waals surface area contributed by atoms with Crippen molar-refractivity contribution in [3.63, 3.8) is 0 Å². The third kappa shape index (κ3) is 2.21. The Morgan fingerprint density at radius 2 is 2.12 bits per heavy atom. The van der Waals surface area contributed by atoms with E-state index in [1.165, 1.54) is 0 Å². The zero-order chi connectivity index (χ0) is 12.4. The molecule has 2 aromatic rings. The van der Waals surface area contributed by atoms with Crippen LogP contribution in [0.1, 0.15) is 17.3 Å². The van der Waals surface area contributed by atoms with E-state index in [0.717, 1.165) is 21.5 Å². The Morgan fingerprint density at radius 3 is 2.71 bits per heavy atom. The second-order valence-corrected chi connectivity index (χ2v) is 4.58. The lowest BCUT2D eigenvalue weighted by molar-refractivity contribution is 0.407. The molecular weight excluding hydrogens is 282 g/mol. The molecule has 0 saturated heterocycles. The van der Waals surface area contributed by atoms with Crippen molar-refractivity contribution in [3.05, 3.63) is 46.2 Å². The lowest BCUT2D eigenvalue weighted by Gasteiger charge is -2.16. The number of aromatic nitrogens is 2. The largest absolute Gasteiger partial charge is 0.496 e. The topological polar surface area (TPSA) is 53.1 Å². The number of methoxy groups -OCH3 is 1. The number of hydrogen-bond acceptors (Lipinski definition) is 3. The molecule has 0 saturated carbocycles. The minimum Gasteiger partial charge on any atom is -0.496 e. The molecule has 0 aliphatic carbocycles. The summed E-state index contributed by atoms with van der Waals surface area (Å²) in [5, 5.41) is 4.17. The highest BCUT2D eigenvalue weighted by molar-refractivity contribution is 9.10. The van der Waals surface area contributed by atoms with Crippen molar-refractivity contribution in [2.75, 3.05) is 7.11 Å². The maximum absolute atomic E-state index is 6.27. The molecule has 2 rings (SSSR count). The molecule has 0 fully saturated rings. The Morgan fingerprint density at radius 1 is 1.41 bits per heavy atom. The summed E-state index contributed by atoms with van der Waals surface area (Å²) in [4.78, 5) is 0. The number of para-hydroxylation sites is 1. The van der Waals surface area contributed by atoms with E-state index in [1.54, 1.807) is 18.0 Å². The van der Waals surface area contributed by atoms with E-state index >= 15 is 0 Å². The Bertz CT molecular complexity index is 505. The number of nitrogens with two attached hydrogens (primary N) is 1. The fourth-order valence-corrected chi connectivity index (χ4v) is 2.44. The molecule has 1 unspecified atom stereocenters. The number of nitrogens with zero attached hydrogens (tertiary/aromatic N) is 2. The van der Waals surface area contributed by atoms with Crippen LogP contribution >= 0.6 is 15.9 Å². The highest BCUT2D eigenvalue weighted by Crippen LogP contribution is 2.31. The Labute approximate surface area is 109 Å². The van der Waals surface area contributed by atoms with E-state index in [-0.39, 0.29) is 6.04 Å². The summed E-state index contributed by atoms with van der Waals surface area (Å²) < 4.78 is 7.99. The average Bonchev–Trinajstić information content (AvgIpc) is 2.68. The van der Waals surface area contributed by atoms with Gasteiger partial charge in [-0.2, -0.15) is 5.10 Å². The Balaban J connectivity index is 2.47. The molecule has 2 N–H and O–H groups in total. The van der Waals surface area contributed by atoms with E-state index in [4.69, 9.17) is 10.5 Å². The molecule has 5 heteroatoms. The minimum atomic E-state index is -0.270. The van der Waals surface area contributed by atoms with Gasteiger partial charge in [-0.1, -0.05) is 18.2 Å². The van der Waals surface area contributed by atoms with Gasteiger partial charge in [-0.3, -0.25) is 4.68 Å². The molecule has 4 nitrogen and oxygen atoms in total. The number of hydrogen-bond donors (Lipinski definition) is 1. The van der Waals surface area contributed by atoms with Crippen LogP contribution in [0.25, 0.3) is 0 Å². The van der Waals surface area contributed by atoms with Crippen molar-refractivity contribution in [2.45, 2.75) is 6.04 Å². The lowest BCUT2D eigenvalue weighted by atomic mass is 10.0. The van der Waals surface area contributed by atoms with Gasteiger partial charge in [-0.15, -0.1) is 0 Å². The molecule has 1 atom stereocenters. The number of halogens is 1. The average molecular weight is 296 g/mol. The predicted octanol–water partition coefficient (Wildman–Crippen LogP) is 2.24. The normalized spacial score (nSPS) is 12.5. The molecule has 0 aliphatic rings. The monoisotopic (exact) mass is 295 g/mol. The zero-order valence-electron chi connectivity index (χ0n) is 9.72. The highest BCUT2D eigenvalue weighted by Gasteiger charge is 2.19. The lowest BCUT2D eigenvalue weighted by Crippen LogP contribution is -2.17. The quantitative estimate of drug-likeness (QED) is 0.945. The molecule has 0 aliphatic heterocycles. The first-order valence-electron chi connectivity index (χ1n) is 5.21. The van der Waals surface area contributed by atoms with Gasteiger partial charge >= 0.3 is 0 Å². The van der Waals surface area contributed by atoms with Crippen molar-refractivity contribution in [2.24, 2.45) is 12.8 Å². The second-order valence-electron chi connectivity index (χ2n) is 3.72. The number of benzene rings is 1. The first kappa shape index (κ1) is 12.1. The Kier molecular flexibility index (Phi) is 3.49. The van der Waals surface area contributed by atoms with Crippen LogP contribution in [-0.2, 0) is 7.05 Å². The van der Waals surface area contributed by atoms with E-state index < -0.39 is 0 Å². The summed E-state index contributed by atoms with van der Waals surface area (Å²) in [5.41, 5.74) is 8.14. The van der Waals surface area contributed by atoms with Gasteiger partial charge in [0.25, 0.3) is 0 Å². The van der Waals surface area contributed by atoms with E-state index in [1.807, 2.05) is 31.3 Å². The van der Waals surface area contributed by atoms with Crippen molar-refractivity contribution >= 4 is 15.9 Å². The van der Waals surface area contributed by atoms with E-state index in [2.05, 4.69) is 21.0 Å². The van der Waals surface area contributed by atoms with Crippen molar-refractivity contribution in [3.8, 4) is 5.75 Å². The maximum atomic E-state index is 6.27. The maximum Gasteiger partial charge on any atom is 0.124 e. The van der Waals surface area contributed by atoms with Gasteiger partial charge in [-0.25, -0.2) is 0 Å². The van der Waals surface area contributed by atoms with Crippen molar-refractivity contribution in [1.29, 1.82) is 0 Å². The van der Waals surface area contributed by atoms with Gasteiger partial charge in [0.05, 0.1) is 29.5 Å². The molecule has 0 radical (unpaired) electrons. The van der Waals surface area contributed by atoms with Gasteiger partial charge < -0.3 is 10.5 Å². The van der Waals surface area contributed by atoms with Crippen LogP contribution in [0.3, 0.4) is 0 Å². The Hall–Kier alpha value is -1.33. The van der Waals surface area contributed by atoms with Gasteiger partial charge in [0.2, 0.25) is 0 Å². The zero-order valence-corrected chi connectivity index (χ0v) is 11.3. The minimum absolute atomic E-state index is 0.270. The smallest absolute Gasteiger partial charge is 0.124 e. The summed E-state index contributed by atoms with van der Waals surface area (Å²) >= 11 is 3.46. The number of ether oxygens (including phenoxy) is 1. The molecule has 1 aromatic carbocycles. The predicted molar refractivity (Wildman–Crippen MR) is 69.9 cm³/mol. The fraction of sp³-hybridized carbons (Fsp3) is 0.250. The fourth-order valence-electron chi connectivity index (χ4n) is 1.84. The highest BCUT2D eigenvalue weighted by atomic mass is 79.9. The summed E-state index contributed by atoms with van der Waals surface area (Å²) in [5.74, 6) is 0.785. The molecule has 0 spiro atoms. The van der Waals surface area contributed by atoms with E-state index in [0.29, 0.717) is 0 Å². The third-order valence-electron chi connectivity index (χ3n) is 2.71. The van der Waals surface area contributed by atoms with Gasteiger partial charge in [0, 0.05) is 12.6 Å². The van der Waals surface area contributed by atoms with Crippen LogP contribution in [0.5, 0.6) is 5.75 Å². The van der Waals surface area contributed by atoms with Crippen LogP contribution in [-0.4, -0.2) is 16.9 Å². The third-order valence-corrected chi connectivity index (χ3v) is 3.32. The SMILES string of the molecule is COc1ccccc1C(N)c1c(Br)cnn1C. The molecular formula is C12H14BrN3O. The first-order chi connectivity index (χ1) is 8.15. The molecule has 0 amide bonds. The van der Waals surface area contributed by atoms with Crippen LogP contribution in [0.15, 0.2) is 34.9 Å². The van der Waals surface area contributed by atoms with Crippen molar-refractivity contribution in [1.82, 2.24) is 9.78 Å². The summed E-state index contributed by atoms with van der Waals surface area (Å²) in [6.45, 7) is 0. The van der Waals surface area contributed by atoms with Gasteiger partial charge in [0.15, 0.2) is 0 Å². The second kappa shape index (κ2) is 4.89. The molecule has 0 bridgehead atoms. The van der Waals surface area contributed by atoms with Gasteiger partial charge in [-0.05, 0) is 22.0 Å². The van der Waals surface area contributed by atoms with Crippen LogP contribution in [0.4, 0.5) is 0 Å². The molecule has 1 aromatic heterocycles. The number of aryl methyl sites for hydroxylation is 1. The van der Waals surface area contributed by atoms with Gasteiger partial charge in [0.1, 0.15) is 5.75 Å². The van der Waals surface area contributed by atoms with Crippen molar-refractivity contribution < 1.29 is 4.74 Å². The summed E-state index contributed by atoms with van der Waals surface area (Å²) in [7, 11) is 3.51. The molecule has 1 heterocycles. The summed E-state index contributed by atoms with van der Waals surface area (Å²) in [6.07, 6.45) is 1.74. The van der Waals surface area contributed by atoms with E-state index in [9.17, 15) is 0 Å². The standard InChI is InChI=1S/C12H14BrN3O/c1-16-12(9(13)7-15-16)11(14)8-5-3-4-6-10(8)17-2/h3-7,11H,14H2,1-2H3. The first-order valence-corrected chi connectivity index (χ1v) is 6.00. The molecule has 17 heavy (non-hydrogen) atoms. The molecule has 90 valence electrons. The van der Waals surface area contributed by atoms with Crippen LogP contribution in [0.2, 0.25) is 0 Å². The number of rotatable bonds is 3. The van der Waals surface area contributed by atoms with Crippen LogP contribution < -0.4 is 10.5 Å². The summed E-state index contributed by atoms with van der Waals surface area (Å²) in [6, 6.07) is 7.46.